The molecule has 0 heterocycles. The Kier molecular flexibility index (Phi) is 7.30. The molecular weight excluding hydrogens is 242 g/mol. The maximum absolute atomic E-state index is 9.14. The highest BCUT2D eigenvalue weighted by atomic mass is 16.5. The van der Waals surface area contributed by atoms with E-state index in [1.54, 1.807) is 7.11 Å². The first kappa shape index (κ1) is 15.8. The van der Waals surface area contributed by atoms with Crippen molar-refractivity contribution in [2.75, 3.05) is 20.3 Å². The van der Waals surface area contributed by atoms with Crippen molar-refractivity contribution in [1.82, 2.24) is 5.32 Å². The minimum atomic E-state index is 0.141. The van der Waals surface area contributed by atoms with Crippen molar-refractivity contribution >= 4 is 0 Å². The van der Waals surface area contributed by atoms with E-state index in [2.05, 4.69) is 19.2 Å². The van der Waals surface area contributed by atoms with Crippen molar-refractivity contribution < 1.29 is 14.6 Å². The van der Waals surface area contributed by atoms with E-state index in [9.17, 15) is 0 Å². The number of rotatable bonds is 9. The van der Waals surface area contributed by atoms with Crippen molar-refractivity contribution in [3.05, 3.63) is 23.8 Å². The van der Waals surface area contributed by atoms with Crippen molar-refractivity contribution in [1.29, 1.82) is 0 Å². The summed E-state index contributed by atoms with van der Waals surface area (Å²) in [5.74, 6) is 1.53. The number of benzene rings is 1. The molecule has 1 aromatic rings. The average molecular weight is 267 g/mol. The molecule has 0 aliphatic heterocycles. The van der Waals surface area contributed by atoms with E-state index >= 15 is 0 Å². The quantitative estimate of drug-likeness (QED) is 0.721. The Morgan fingerprint density at radius 2 is 2.05 bits per heavy atom. The molecule has 0 aliphatic carbocycles. The Morgan fingerprint density at radius 1 is 1.26 bits per heavy atom. The molecule has 19 heavy (non-hydrogen) atoms. The predicted octanol–water partition coefficient (Wildman–Crippen LogP) is 2.34. The van der Waals surface area contributed by atoms with Crippen molar-refractivity contribution in [2.24, 2.45) is 0 Å². The van der Waals surface area contributed by atoms with Crippen LogP contribution in [0, 0.1) is 0 Å². The molecule has 1 rings (SSSR count). The fourth-order valence-electron chi connectivity index (χ4n) is 1.75. The minimum Gasteiger partial charge on any atom is -0.493 e. The highest BCUT2D eigenvalue weighted by Crippen LogP contribution is 2.28. The maximum atomic E-state index is 9.14. The maximum Gasteiger partial charge on any atom is 0.161 e. The largest absolute Gasteiger partial charge is 0.493 e. The molecule has 0 bridgehead atoms. The summed E-state index contributed by atoms with van der Waals surface area (Å²) >= 11 is 0. The van der Waals surface area contributed by atoms with Gasteiger partial charge in [0.1, 0.15) is 0 Å². The number of aliphatic hydroxyl groups excluding tert-OH is 1. The zero-order chi connectivity index (χ0) is 14.1. The molecule has 0 unspecified atom stereocenters. The monoisotopic (exact) mass is 267 g/mol. The van der Waals surface area contributed by atoms with Gasteiger partial charge in [-0.2, -0.15) is 0 Å². The zero-order valence-electron chi connectivity index (χ0n) is 12.1. The summed E-state index contributed by atoms with van der Waals surface area (Å²) in [7, 11) is 1.65. The first-order valence-electron chi connectivity index (χ1n) is 6.89. The highest BCUT2D eigenvalue weighted by Gasteiger charge is 2.07. The normalized spacial score (nSPS) is 12.2. The van der Waals surface area contributed by atoms with Gasteiger partial charge in [-0.3, -0.25) is 0 Å². The van der Waals surface area contributed by atoms with Gasteiger partial charge in [-0.25, -0.2) is 0 Å². The Hall–Kier alpha value is -1.26. The molecule has 0 amide bonds. The second kappa shape index (κ2) is 8.77. The lowest BCUT2D eigenvalue weighted by molar-refractivity contribution is 0.238. The van der Waals surface area contributed by atoms with Crippen LogP contribution >= 0.6 is 0 Å². The molecular formula is C15H25NO3. The van der Waals surface area contributed by atoms with E-state index in [0.29, 0.717) is 13.2 Å². The number of hydrogen-bond acceptors (Lipinski definition) is 4. The van der Waals surface area contributed by atoms with Gasteiger partial charge in [0.25, 0.3) is 0 Å². The number of ether oxygens (including phenoxy) is 2. The van der Waals surface area contributed by atoms with Crippen LogP contribution < -0.4 is 14.8 Å². The second-order valence-electron chi connectivity index (χ2n) is 4.50. The lowest BCUT2D eigenvalue weighted by atomic mass is 10.1. The van der Waals surface area contributed by atoms with Gasteiger partial charge >= 0.3 is 0 Å². The molecule has 108 valence electrons. The van der Waals surface area contributed by atoms with E-state index in [-0.39, 0.29) is 12.6 Å². The minimum absolute atomic E-state index is 0.141. The lowest BCUT2D eigenvalue weighted by Gasteiger charge is -2.15. The molecule has 0 aliphatic rings. The Morgan fingerprint density at radius 3 is 2.63 bits per heavy atom. The molecule has 0 aromatic heterocycles. The number of hydrogen-bond donors (Lipinski definition) is 2. The Labute approximate surface area is 115 Å². The SMILES string of the molecule is CCCOc1ccc(CN[C@H](CC)CO)cc1OC. The third-order valence-corrected chi connectivity index (χ3v) is 3.00. The van der Waals surface area contributed by atoms with Crippen LogP contribution in [0.2, 0.25) is 0 Å². The molecule has 4 nitrogen and oxygen atoms in total. The van der Waals surface area contributed by atoms with Gasteiger partial charge in [0, 0.05) is 12.6 Å². The molecule has 1 aromatic carbocycles. The first-order valence-corrected chi connectivity index (χ1v) is 6.89. The van der Waals surface area contributed by atoms with Gasteiger partial charge in [0.2, 0.25) is 0 Å². The van der Waals surface area contributed by atoms with E-state index in [1.807, 2.05) is 18.2 Å². The topological polar surface area (TPSA) is 50.7 Å². The predicted molar refractivity (Wildman–Crippen MR) is 76.8 cm³/mol. The molecule has 0 saturated heterocycles. The van der Waals surface area contributed by atoms with Crippen molar-refractivity contribution in [3.8, 4) is 11.5 Å². The lowest BCUT2D eigenvalue weighted by Crippen LogP contribution is -2.31. The third-order valence-electron chi connectivity index (χ3n) is 3.00. The van der Waals surface area contributed by atoms with Crippen LogP contribution in [0.5, 0.6) is 11.5 Å². The van der Waals surface area contributed by atoms with Crippen LogP contribution in [0.25, 0.3) is 0 Å². The van der Waals surface area contributed by atoms with Crippen LogP contribution in [0.1, 0.15) is 32.3 Å². The van der Waals surface area contributed by atoms with Gasteiger partial charge in [-0.15, -0.1) is 0 Å². The zero-order valence-corrected chi connectivity index (χ0v) is 12.1. The molecule has 1 atom stereocenters. The van der Waals surface area contributed by atoms with E-state index < -0.39 is 0 Å². The number of methoxy groups -OCH3 is 1. The summed E-state index contributed by atoms with van der Waals surface area (Å²) < 4.78 is 11.0. The summed E-state index contributed by atoms with van der Waals surface area (Å²) in [5.41, 5.74) is 1.12. The Bertz CT molecular complexity index is 364. The molecule has 0 spiro atoms. The van der Waals surface area contributed by atoms with Crippen molar-refractivity contribution in [3.63, 3.8) is 0 Å². The molecule has 2 N–H and O–H groups in total. The molecule has 0 radical (unpaired) electrons. The van der Waals surface area contributed by atoms with Crippen LogP contribution in [0.4, 0.5) is 0 Å². The molecule has 4 heteroatoms. The summed E-state index contributed by atoms with van der Waals surface area (Å²) in [4.78, 5) is 0. The van der Waals surface area contributed by atoms with E-state index in [1.165, 1.54) is 0 Å². The smallest absolute Gasteiger partial charge is 0.161 e. The van der Waals surface area contributed by atoms with Crippen molar-refractivity contribution in [2.45, 2.75) is 39.3 Å². The van der Waals surface area contributed by atoms with E-state index in [0.717, 1.165) is 29.9 Å². The standard InChI is InChI=1S/C15H25NO3/c1-4-8-19-14-7-6-12(9-15(14)18-3)10-16-13(5-2)11-17/h6-7,9,13,16-17H,4-5,8,10-11H2,1-3H3/t13-/m1/s1. The fraction of sp³-hybridized carbons (Fsp3) is 0.600. The highest BCUT2D eigenvalue weighted by molar-refractivity contribution is 5.42. The fourth-order valence-corrected chi connectivity index (χ4v) is 1.75. The summed E-state index contributed by atoms with van der Waals surface area (Å²) in [6.07, 6.45) is 1.88. The van der Waals surface area contributed by atoms with Gasteiger partial charge in [0.15, 0.2) is 11.5 Å². The van der Waals surface area contributed by atoms with Gasteiger partial charge in [-0.05, 0) is 30.5 Å². The van der Waals surface area contributed by atoms with Gasteiger partial charge in [-0.1, -0.05) is 19.9 Å². The van der Waals surface area contributed by atoms with Gasteiger partial charge < -0.3 is 19.9 Å². The first-order chi connectivity index (χ1) is 9.24. The Balaban J connectivity index is 2.65. The molecule has 0 saturated carbocycles. The summed E-state index contributed by atoms with van der Waals surface area (Å²) in [6.45, 7) is 5.69. The second-order valence-corrected chi connectivity index (χ2v) is 4.50. The van der Waals surface area contributed by atoms with Gasteiger partial charge in [0.05, 0.1) is 20.3 Å². The summed E-state index contributed by atoms with van der Waals surface area (Å²) in [6, 6.07) is 6.07. The molecule has 0 fully saturated rings. The van der Waals surface area contributed by atoms with E-state index in [4.69, 9.17) is 14.6 Å². The average Bonchev–Trinajstić information content (AvgIpc) is 2.46. The number of nitrogens with one attached hydrogen (secondary N) is 1. The third kappa shape index (κ3) is 5.09. The van der Waals surface area contributed by atoms with Crippen LogP contribution in [0.3, 0.4) is 0 Å². The van der Waals surface area contributed by atoms with Crippen LogP contribution in [0.15, 0.2) is 18.2 Å². The van der Waals surface area contributed by atoms with Crippen LogP contribution in [-0.4, -0.2) is 31.5 Å². The summed E-state index contributed by atoms with van der Waals surface area (Å²) in [5, 5.41) is 12.4. The van der Waals surface area contributed by atoms with Crippen LogP contribution in [-0.2, 0) is 6.54 Å². The number of aliphatic hydroxyl groups is 1.